The van der Waals surface area contributed by atoms with E-state index in [1.54, 1.807) is 54.8 Å². The summed E-state index contributed by atoms with van der Waals surface area (Å²) < 4.78 is 47.8. The number of carbonyl (C=O) groups excluding carboxylic acids is 1. The van der Waals surface area contributed by atoms with Crippen LogP contribution >= 0.6 is 23.2 Å². The second-order valence-corrected chi connectivity index (χ2v) is 12.0. The number of pyridine rings is 1. The number of ether oxygens (including phenoxy) is 1. The Morgan fingerprint density at radius 1 is 1.23 bits per heavy atom. The average molecular weight is 591 g/mol. The van der Waals surface area contributed by atoms with Gasteiger partial charge in [-0.3, -0.25) is 9.20 Å². The smallest absolute Gasteiger partial charge is 0.275 e. The average Bonchev–Trinajstić information content (AvgIpc) is 3.43. The molecule has 1 aliphatic heterocycles. The van der Waals surface area contributed by atoms with Crippen LogP contribution in [0, 0.1) is 12.7 Å². The van der Waals surface area contributed by atoms with Crippen molar-refractivity contribution in [2.24, 2.45) is 0 Å². The minimum absolute atomic E-state index is 0.0578. The van der Waals surface area contributed by atoms with Crippen LogP contribution < -0.4 is 10.1 Å². The molecule has 0 aliphatic carbocycles. The Kier molecular flexibility index (Phi) is 7.32. The summed E-state index contributed by atoms with van der Waals surface area (Å²) in [4.78, 5) is 20.5. The van der Waals surface area contributed by atoms with Gasteiger partial charge in [-0.05, 0) is 61.5 Å². The Morgan fingerprint density at radius 2 is 2.00 bits per heavy atom. The third kappa shape index (κ3) is 4.65. The number of likely N-dealkylation sites (N-methyl/N-ethyl adjacent to an activating group) is 1. The van der Waals surface area contributed by atoms with Crippen molar-refractivity contribution in [2.75, 3.05) is 33.0 Å². The van der Waals surface area contributed by atoms with Crippen LogP contribution in [0.5, 0.6) is 5.88 Å². The first-order valence-corrected chi connectivity index (χ1v) is 14.5. The van der Waals surface area contributed by atoms with Gasteiger partial charge in [0.2, 0.25) is 0 Å². The number of carbonyl (C=O) groups is 1. The summed E-state index contributed by atoms with van der Waals surface area (Å²) in [6.07, 6.45) is 0. The van der Waals surface area contributed by atoms with Crippen LogP contribution in [0.3, 0.4) is 0 Å². The van der Waals surface area contributed by atoms with E-state index in [0.29, 0.717) is 40.5 Å². The Balaban J connectivity index is 1.72. The minimum atomic E-state index is -3.82. The van der Waals surface area contributed by atoms with Crippen LogP contribution in [0.2, 0.25) is 10.0 Å². The van der Waals surface area contributed by atoms with Crippen molar-refractivity contribution >= 4 is 44.6 Å². The lowest BCUT2D eigenvalue weighted by Crippen LogP contribution is -2.40. The molecule has 2 aromatic heterocycles. The van der Waals surface area contributed by atoms with Crippen molar-refractivity contribution in [2.45, 2.75) is 17.9 Å². The molecule has 1 amide bonds. The van der Waals surface area contributed by atoms with Gasteiger partial charge in [0.15, 0.2) is 21.4 Å². The van der Waals surface area contributed by atoms with Gasteiger partial charge in [0, 0.05) is 18.7 Å². The molecule has 4 aromatic rings. The van der Waals surface area contributed by atoms with Crippen LogP contribution in [0.4, 0.5) is 4.39 Å². The summed E-state index contributed by atoms with van der Waals surface area (Å²) in [6, 6.07) is 12.0. The van der Waals surface area contributed by atoms with Gasteiger partial charge in [0.25, 0.3) is 5.91 Å². The monoisotopic (exact) mass is 590 g/mol. The van der Waals surface area contributed by atoms with Crippen molar-refractivity contribution in [3.63, 3.8) is 0 Å². The molecule has 3 heterocycles. The van der Waals surface area contributed by atoms with E-state index in [4.69, 9.17) is 27.9 Å². The SMILES string of the molecule is CNCCN(C(=O)c1nc2cccc(OC)n2c1-c1ccc(F)c(C)c1)C1CS(=O)(=O)c2c1ccc(Cl)c2Cl. The number of benzene rings is 2. The summed E-state index contributed by atoms with van der Waals surface area (Å²) in [5, 5.41) is 3.08. The molecule has 39 heavy (non-hydrogen) atoms. The van der Waals surface area contributed by atoms with Gasteiger partial charge >= 0.3 is 0 Å². The maximum atomic E-state index is 14.4. The highest BCUT2D eigenvalue weighted by Gasteiger charge is 2.43. The molecule has 5 rings (SSSR count). The Bertz CT molecular complexity index is 1720. The number of sulfone groups is 1. The minimum Gasteiger partial charge on any atom is -0.482 e. The van der Waals surface area contributed by atoms with Crippen molar-refractivity contribution < 1.29 is 22.3 Å². The predicted octanol–water partition coefficient (Wildman–Crippen LogP) is 4.95. The number of aryl methyl sites for hydroxylation is 1. The van der Waals surface area contributed by atoms with E-state index in [1.165, 1.54) is 24.1 Å². The Morgan fingerprint density at radius 3 is 2.69 bits per heavy atom. The number of amides is 1. The first-order chi connectivity index (χ1) is 18.6. The summed E-state index contributed by atoms with van der Waals surface area (Å²) >= 11 is 12.5. The highest BCUT2D eigenvalue weighted by molar-refractivity contribution is 7.92. The lowest BCUT2D eigenvalue weighted by atomic mass is 10.0. The number of methoxy groups -OCH3 is 1. The van der Waals surface area contributed by atoms with Crippen LogP contribution in [-0.2, 0) is 9.84 Å². The van der Waals surface area contributed by atoms with Crippen LogP contribution in [0.15, 0.2) is 53.4 Å². The number of rotatable bonds is 7. The van der Waals surface area contributed by atoms with Crippen LogP contribution in [0.1, 0.15) is 27.7 Å². The molecule has 0 fully saturated rings. The standard InChI is InChI=1S/C27H25Cl2FN4O4S/c1-15-13-16(7-10-19(15)30)25-24(32-21-5-4-6-22(38-3)34(21)25)27(35)33(12-11-31-2)20-14-39(36,37)26-17(20)8-9-18(28)23(26)29/h4-10,13,20,31H,11-12,14H2,1-3H3. The van der Waals surface area contributed by atoms with E-state index in [1.807, 2.05) is 0 Å². The second kappa shape index (κ2) is 10.4. The maximum absolute atomic E-state index is 14.4. The number of hydrogen-bond donors (Lipinski definition) is 1. The van der Waals surface area contributed by atoms with Gasteiger partial charge in [-0.2, -0.15) is 0 Å². The van der Waals surface area contributed by atoms with Crippen LogP contribution in [-0.4, -0.2) is 61.6 Å². The molecule has 0 spiro atoms. The summed E-state index contributed by atoms with van der Waals surface area (Å²) in [5.41, 5.74) is 2.27. The number of hydrogen-bond acceptors (Lipinski definition) is 6. The molecule has 0 saturated carbocycles. The van der Waals surface area contributed by atoms with Crippen molar-refractivity contribution in [3.05, 3.63) is 81.2 Å². The molecule has 12 heteroatoms. The number of nitrogens with zero attached hydrogens (tertiary/aromatic N) is 3. The largest absolute Gasteiger partial charge is 0.482 e. The maximum Gasteiger partial charge on any atom is 0.275 e. The van der Waals surface area contributed by atoms with E-state index in [-0.39, 0.29) is 38.7 Å². The van der Waals surface area contributed by atoms with Gasteiger partial charge in [-0.25, -0.2) is 17.8 Å². The Labute approximate surface area is 235 Å². The molecule has 1 aliphatic rings. The van der Waals surface area contributed by atoms with Gasteiger partial charge in [-0.1, -0.05) is 35.3 Å². The molecule has 1 atom stereocenters. The fraction of sp³-hybridized carbons (Fsp3) is 0.259. The summed E-state index contributed by atoms with van der Waals surface area (Å²) in [5.74, 6) is -0.800. The van der Waals surface area contributed by atoms with Crippen LogP contribution in [0.25, 0.3) is 16.9 Å². The zero-order valence-electron chi connectivity index (χ0n) is 21.3. The molecule has 0 saturated heterocycles. The zero-order valence-corrected chi connectivity index (χ0v) is 23.7. The molecule has 0 radical (unpaired) electrons. The molecule has 8 nitrogen and oxygen atoms in total. The van der Waals surface area contributed by atoms with E-state index in [2.05, 4.69) is 10.3 Å². The van der Waals surface area contributed by atoms with Crippen molar-refractivity contribution in [1.82, 2.24) is 19.6 Å². The number of nitrogens with one attached hydrogen (secondary N) is 1. The quantitative estimate of drug-likeness (QED) is 0.327. The van der Waals surface area contributed by atoms with E-state index in [9.17, 15) is 17.6 Å². The van der Waals surface area contributed by atoms with E-state index >= 15 is 0 Å². The fourth-order valence-corrected chi connectivity index (χ4v) is 7.59. The number of aromatic nitrogens is 2. The molecular formula is C27H25Cl2FN4O4S. The first kappa shape index (κ1) is 27.4. The third-order valence-corrected chi connectivity index (χ3v) is 9.55. The normalized spacial score (nSPS) is 15.9. The van der Waals surface area contributed by atoms with Gasteiger partial charge in [0.05, 0.1) is 39.5 Å². The van der Waals surface area contributed by atoms with Gasteiger partial charge in [0.1, 0.15) is 11.5 Å². The summed E-state index contributed by atoms with van der Waals surface area (Å²) in [7, 11) is -0.578. The lowest BCUT2D eigenvalue weighted by molar-refractivity contribution is 0.0693. The fourth-order valence-electron chi connectivity index (χ4n) is 4.96. The molecule has 1 N–H and O–H groups in total. The second-order valence-electron chi connectivity index (χ2n) is 9.21. The summed E-state index contributed by atoms with van der Waals surface area (Å²) in [6.45, 7) is 2.21. The van der Waals surface area contributed by atoms with Crippen molar-refractivity contribution in [3.8, 4) is 17.1 Å². The number of fused-ring (bicyclic) bond motifs is 2. The zero-order chi connectivity index (χ0) is 28.1. The molecule has 2 aromatic carbocycles. The van der Waals surface area contributed by atoms with Crippen molar-refractivity contribution in [1.29, 1.82) is 0 Å². The predicted molar refractivity (Wildman–Crippen MR) is 148 cm³/mol. The topological polar surface area (TPSA) is 93.0 Å². The molecule has 204 valence electrons. The number of imidazole rings is 1. The molecule has 0 bridgehead atoms. The first-order valence-electron chi connectivity index (χ1n) is 12.1. The van der Waals surface area contributed by atoms with Gasteiger partial charge < -0.3 is 15.0 Å². The molecular weight excluding hydrogens is 566 g/mol. The highest BCUT2D eigenvalue weighted by atomic mass is 35.5. The lowest BCUT2D eigenvalue weighted by Gasteiger charge is -2.29. The third-order valence-electron chi connectivity index (χ3n) is 6.82. The van der Waals surface area contributed by atoms with E-state index < -0.39 is 21.8 Å². The van der Waals surface area contributed by atoms with Gasteiger partial charge in [-0.15, -0.1) is 0 Å². The van der Waals surface area contributed by atoms with E-state index in [0.717, 1.165) is 0 Å². The number of halogens is 3. The Hall–Kier alpha value is -3.18. The highest BCUT2D eigenvalue weighted by Crippen LogP contribution is 2.44. The molecule has 1 unspecified atom stereocenters.